The molecule has 0 bridgehead atoms. The predicted molar refractivity (Wildman–Crippen MR) is 74.8 cm³/mol. The molecule has 0 aliphatic rings. The highest BCUT2D eigenvalue weighted by Crippen LogP contribution is 2.29. The van der Waals surface area contributed by atoms with E-state index in [2.05, 4.69) is 61.3 Å². The van der Waals surface area contributed by atoms with Crippen LogP contribution in [0.25, 0.3) is 11.0 Å². The predicted octanol–water partition coefficient (Wildman–Crippen LogP) is 4.53. The largest absolute Gasteiger partial charge is 0.342 e. The molecule has 0 saturated carbocycles. The molecule has 0 radical (unpaired) electrons. The van der Waals surface area contributed by atoms with Crippen LogP contribution in [0.4, 0.5) is 0 Å². The van der Waals surface area contributed by atoms with Gasteiger partial charge in [0.2, 0.25) is 0 Å². The van der Waals surface area contributed by atoms with Crippen molar-refractivity contribution in [2.45, 2.75) is 33.2 Å². The number of fused-ring (bicyclic) bond motifs is 1. The zero-order chi connectivity index (χ0) is 11.7. The Labute approximate surface area is 112 Å². The van der Waals surface area contributed by atoms with Crippen LogP contribution >= 0.6 is 31.9 Å². The van der Waals surface area contributed by atoms with Crippen LogP contribution in [-0.4, -0.2) is 9.55 Å². The molecule has 0 aromatic carbocycles. The summed E-state index contributed by atoms with van der Waals surface area (Å²) >= 11 is 7.05. The van der Waals surface area contributed by atoms with Gasteiger partial charge in [-0.05, 0) is 56.8 Å². The van der Waals surface area contributed by atoms with Crippen LogP contribution in [0.3, 0.4) is 0 Å². The maximum Gasteiger partial charge on any atom is 0.108 e. The SMILES string of the molecule is CCCn1c(CC)cc2nc(Br)cc(Br)c21. The molecule has 2 heterocycles. The number of rotatable bonds is 3. The molecule has 2 aromatic heterocycles. The highest BCUT2D eigenvalue weighted by Gasteiger charge is 2.11. The average Bonchev–Trinajstić information content (AvgIpc) is 2.57. The maximum absolute atomic E-state index is 4.51. The van der Waals surface area contributed by atoms with Crippen molar-refractivity contribution >= 4 is 42.9 Å². The van der Waals surface area contributed by atoms with Crippen molar-refractivity contribution in [3.05, 3.63) is 26.9 Å². The Hall–Kier alpha value is -0.350. The fraction of sp³-hybridized carbons (Fsp3) is 0.417. The van der Waals surface area contributed by atoms with Gasteiger partial charge in [0.15, 0.2) is 0 Å². The molecule has 2 aromatic rings. The van der Waals surface area contributed by atoms with Gasteiger partial charge >= 0.3 is 0 Å². The second-order valence-electron chi connectivity index (χ2n) is 3.80. The first kappa shape index (κ1) is 12.1. The topological polar surface area (TPSA) is 17.8 Å². The normalized spacial score (nSPS) is 11.2. The second-order valence-corrected chi connectivity index (χ2v) is 5.47. The minimum atomic E-state index is 0.878. The molecule has 16 heavy (non-hydrogen) atoms. The molecule has 2 rings (SSSR count). The molecular formula is C12H14Br2N2. The van der Waals surface area contributed by atoms with E-state index < -0.39 is 0 Å². The van der Waals surface area contributed by atoms with E-state index in [4.69, 9.17) is 0 Å². The Morgan fingerprint density at radius 3 is 2.62 bits per heavy atom. The van der Waals surface area contributed by atoms with Crippen LogP contribution in [0.2, 0.25) is 0 Å². The lowest BCUT2D eigenvalue weighted by Crippen LogP contribution is -2.01. The van der Waals surface area contributed by atoms with E-state index in [1.54, 1.807) is 0 Å². The van der Waals surface area contributed by atoms with Crippen molar-refractivity contribution < 1.29 is 0 Å². The van der Waals surface area contributed by atoms with E-state index in [1.807, 2.05) is 6.07 Å². The van der Waals surface area contributed by atoms with Gasteiger partial charge < -0.3 is 4.57 Å². The summed E-state index contributed by atoms with van der Waals surface area (Å²) in [7, 11) is 0. The molecule has 0 spiro atoms. The van der Waals surface area contributed by atoms with Crippen LogP contribution < -0.4 is 0 Å². The highest BCUT2D eigenvalue weighted by molar-refractivity contribution is 9.11. The number of aryl methyl sites for hydroxylation is 2. The van der Waals surface area contributed by atoms with Crippen LogP contribution in [0, 0.1) is 0 Å². The van der Waals surface area contributed by atoms with E-state index in [-0.39, 0.29) is 0 Å². The average molecular weight is 346 g/mol. The third-order valence-corrected chi connectivity index (χ3v) is 3.68. The number of aromatic nitrogens is 2. The van der Waals surface area contributed by atoms with E-state index in [0.717, 1.165) is 34.0 Å². The van der Waals surface area contributed by atoms with Crippen molar-refractivity contribution in [2.24, 2.45) is 0 Å². The minimum absolute atomic E-state index is 0.878. The molecular weight excluding hydrogens is 332 g/mol. The molecule has 0 N–H and O–H groups in total. The summed E-state index contributed by atoms with van der Waals surface area (Å²) in [4.78, 5) is 4.51. The van der Waals surface area contributed by atoms with E-state index in [0.29, 0.717) is 0 Å². The first-order valence-corrected chi connectivity index (χ1v) is 7.10. The van der Waals surface area contributed by atoms with Crippen molar-refractivity contribution in [2.75, 3.05) is 0 Å². The van der Waals surface area contributed by atoms with Gasteiger partial charge in [0.05, 0.1) is 11.0 Å². The van der Waals surface area contributed by atoms with Gasteiger partial charge in [-0.15, -0.1) is 0 Å². The molecule has 2 nitrogen and oxygen atoms in total. The summed E-state index contributed by atoms with van der Waals surface area (Å²) in [6.45, 7) is 5.43. The van der Waals surface area contributed by atoms with Gasteiger partial charge in [0.1, 0.15) is 4.60 Å². The molecule has 86 valence electrons. The van der Waals surface area contributed by atoms with E-state index in [9.17, 15) is 0 Å². The van der Waals surface area contributed by atoms with Gasteiger partial charge in [-0.3, -0.25) is 0 Å². The zero-order valence-electron chi connectivity index (χ0n) is 9.43. The monoisotopic (exact) mass is 344 g/mol. The highest BCUT2D eigenvalue weighted by atomic mass is 79.9. The smallest absolute Gasteiger partial charge is 0.108 e. The molecule has 0 saturated heterocycles. The third-order valence-electron chi connectivity index (χ3n) is 2.67. The number of hydrogen-bond acceptors (Lipinski definition) is 1. The summed E-state index contributed by atoms with van der Waals surface area (Å²) in [5.74, 6) is 0. The lowest BCUT2D eigenvalue weighted by atomic mass is 10.3. The standard InChI is InChI=1S/C12H14Br2N2/c1-3-5-16-8(4-2)6-10-12(16)9(13)7-11(14)15-10/h6-7H,3-5H2,1-2H3. The lowest BCUT2D eigenvalue weighted by molar-refractivity contribution is 0.671. The summed E-state index contributed by atoms with van der Waals surface area (Å²) in [5, 5.41) is 0. The Morgan fingerprint density at radius 1 is 1.25 bits per heavy atom. The van der Waals surface area contributed by atoms with Crippen molar-refractivity contribution in [1.82, 2.24) is 9.55 Å². The Morgan fingerprint density at radius 2 is 2.00 bits per heavy atom. The van der Waals surface area contributed by atoms with Crippen LogP contribution in [-0.2, 0) is 13.0 Å². The Bertz CT molecular complexity index is 517. The summed E-state index contributed by atoms with van der Waals surface area (Å²) in [6, 6.07) is 4.19. The maximum atomic E-state index is 4.51. The number of hydrogen-bond donors (Lipinski definition) is 0. The summed E-state index contributed by atoms with van der Waals surface area (Å²) < 4.78 is 4.35. The first-order chi connectivity index (χ1) is 7.67. The number of pyridine rings is 1. The molecule has 0 aliphatic carbocycles. The zero-order valence-corrected chi connectivity index (χ0v) is 12.6. The number of nitrogens with zero attached hydrogens (tertiary/aromatic N) is 2. The van der Waals surface area contributed by atoms with E-state index >= 15 is 0 Å². The van der Waals surface area contributed by atoms with Gasteiger partial charge in [-0.25, -0.2) is 4.98 Å². The molecule has 0 fully saturated rings. The van der Waals surface area contributed by atoms with Crippen LogP contribution in [0.15, 0.2) is 21.2 Å². The second kappa shape index (κ2) is 4.88. The van der Waals surface area contributed by atoms with E-state index in [1.165, 1.54) is 11.2 Å². The first-order valence-electron chi connectivity index (χ1n) is 5.51. The molecule has 4 heteroatoms. The molecule has 0 unspecified atom stereocenters. The minimum Gasteiger partial charge on any atom is -0.342 e. The summed E-state index contributed by atoms with van der Waals surface area (Å²) in [6.07, 6.45) is 2.18. The lowest BCUT2D eigenvalue weighted by Gasteiger charge is -2.08. The quantitative estimate of drug-likeness (QED) is 0.747. The van der Waals surface area contributed by atoms with Crippen LogP contribution in [0.1, 0.15) is 26.0 Å². The van der Waals surface area contributed by atoms with Gasteiger partial charge in [-0.1, -0.05) is 13.8 Å². The Balaban J connectivity index is 2.73. The molecule has 0 amide bonds. The molecule has 0 atom stereocenters. The Kier molecular flexibility index (Phi) is 3.70. The van der Waals surface area contributed by atoms with Gasteiger partial charge in [-0.2, -0.15) is 0 Å². The molecule has 0 aliphatic heterocycles. The van der Waals surface area contributed by atoms with Crippen molar-refractivity contribution in [3.63, 3.8) is 0 Å². The fourth-order valence-electron chi connectivity index (χ4n) is 2.01. The van der Waals surface area contributed by atoms with Crippen molar-refractivity contribution in [3.8, 4) is 0 Å². The fourth-order valence-corrected chi connectivity index (χ4v) is 3.38. The third kappa shape index (κ3) is 2.05. The summed E-state index contributed by atoms with van der Waals surface area (Å²) in [5.41, 5.74) is 3.62. The number of halogens is 2. The van der Waals surface area contributed by atoms with Crippen molar-refractivity contribution in [1.29, 1.82) is 0 Å². The van der Waals surface area contributed by atoms with Crippen LogP contribution in [0.5, 0.6) is 0 Å². The van der Waals surface area contributed by atoms with Gasteiger partial charge in [0.25, 0.3) is 0 Å². The van der Waals surface area contributed by atoms with Gasteiger partial charge in [0, 0.05) is 16.7 Å².